The van der Waals surface area contributed by atoms with Crippen LogP contribution in [0.3, 0.4) is 0 Å². The summed E-state index contributed by atoms with van der Waals surface area (Å²) in [7, 11) is -3.17. The second-order valence-electron chi connectivity index (χ2n) is 9.03. The van der Waals surface area contributed by atoms with Gasteiger partial charge in [0.15, 0.2) is 5.65 Å². The van der Waals surface area contributed by atoms with Crippen molar-refractivity contribution >= 4 is 38.5 Å². The van der Waals surface area contributed by atoms with Gasteiger partial charge in [-0.05, 0) is 18.2 Å². The molecule has 0 spiro atoms. The predicted molar refractivity (Wildman–Crippen MR) is 135 cm³/mol. The van der Waals surface area contributed by atoms with Crippen molar-refractivity contribution in [3.05, 3.63) is 35.4 Å². The molecule has 0 radical (unpaired) electrons. The van der Waals surface area contributed by atoms with Crippen molar-refractivity contribution in [2.45, 2.75) is 24.7 Å². The zero-order valence-corrected chi connectivity index (χ0v) is 21.2. The van der Waals surface area contributed by atoms with Crippen LogP contribution in [0, 0.1) is 0 Å². The summed E-state index contributed by atoms with van der Waals surface area (Å²) < 4.78 is 36.2. The fourth-order valence-electron chi connectivity index (χ4n) is 4.51. The summed E-state index contributed by atoms with van der Waals surface area (Å²) in [6.07, 6.45) is -0.278. The van der Waals surface area contributed by atoms with Gasteiger partial charge in [-0.15, -0.1) is 0 Å². The molecule has 2 saturated heterocycles. The third kappa shape index (κ3) is 5.29. The van der Waals surface area contributed by atoms with Crippen LogP contribution >= 0.6 is 11.6 Å². The van der Waals surface area contributed by atoms with Crippen molar-refractivity contribution in [2.24, 2.45) is 0 Å². The number of halogens is 1. The van der Waals surface area contributed by atoms with Crippen molar-refractivity contribution in [3.63, 3.8) is 0 Å². The highest BCUT2D eigenvalue weighted by Crippen LogP contribution is 2.31. The molecule has 4 heterocycles. The number of fused-ring (bicyclic) bond motifs is 1. The van der Waals surface area contributed by atoms with Crippen molar-refractivity contribution in [1.29, 1.82) is 0 Å². The molecule has 2 fully saturated rings. The predicted octanol–water partition coefficient (Wildman–Crippen LogP) is 1.25. The first-order valence-corrected chi connectivity index (χ1v) is 13.9. The van der Waals surface area contributed by atoms with Crippen LogP contribution < -0.4 is 9.64 Å². The van der Waals surface area contributed by atoms with Crippen LogP contribution in [0.4, 0.5) is 5.69 Å². The van der Waals surface area contributed by atoms with E-state index in [0.29, 0.717) is 54.5 Å². The van der Waals surface area contributed by atoms with Crippen LogP contribution in [0.15, 0.2) is 30.3 Å². The first kappa shape index (κ1) is 25.2. The first-order valence-electron chi connectivity index (χ1n) is 11.6. The van der Waals surface area contributed by atoms with Crippen LogP contribution in [-0.4, -0.2) is 102 Å². The van der Waals surface area contributed by atoms with Gasteiger partial charge in [0.1, 0.15) is 12.2 Å². The Kier molecular flexibility index (Phi) is 7.07. The molecule has 0 bridgehead atoms. The van der Waals surface area contributed by atoms with Gasteiger partial charge in [-0.1, -0.05) is 23.7 Å². The lowest BCUT2D eigenvalue weighted by atomic mass is 10.0. The molecule has 194 valence electrons. The molecule has 0 unspecified atom stereocenters. The number of nitrogens with zero attached hydrogens (tertiary/aromatic N) is 4. The number of hydrogen-bond acceptors (Lipinski definition) is 9. The summed E-state index contributed by atoms with van der Waals surface area (Å²) in [4.78, 5) is 14.2. The van der Waals surface area contributed by atoms with Crippen molar-refractivity contribution in [1.82, 2.24) is 19.3 Å². The Morgan fingerprint density at radius 1 is 1.19 bits per heavy atom. The molecule has 2 aliphatic heterocycles. The molecule has 13 heteroatoms. The Balaban J connectivity index is 1.29. The number of nitrogens with one attached hydrogen (secondary N) is 1. The van der Waals surface area contributed by atoms with Crippen molar-refractivity contribution < 1.29 is 28.1 Å². The number of piperazine rings is 1. The minimum Gasteiger partial charge on any atom is -0.459 e. The Bertz CT molecular complexity index is 1330. The normalized spacial score (nSPS) is 23.8. The Morgan fingerprint density at radius 3 is 2.56 bits per heavy atom. The van der Waals surface area contributed by atoms with Crippen LogP contribution in [0.25, 0.3) is 22.4 Å². The van der Waals surface area contributed by atoms with E-state index in [-0.39, 0.29) is 19.2 Å². The number of aliphatic hydroxyl groups excluding tert-OH is 2. The average Bonchev–Trinajstić information content (AvgIpc) is 3.24. The molecule has 36 heavy (non-hydrogen) atoms. The quantitative estimate of drug-likeness (QED) is 0.423. The lowest BCUT2D eigenvalue weighted by Gasteiger charge is -2.34. The summed E-state index contributed by atoms with van der Waals surface area (Å²) in [6, 6.07) is 9.80. The van der Waals surface area contributed by atoms with Crippen molar-refractivity contribution in [3.8, 4) is 17.3 Å². The molecule has 1 aromatic carbocycles. The molecule has 0 aliphatic carbocycles. The van der Waals surface area contributed by atoms with E-state index in [4.69, 9.17) is 21.1 Å². The van der Waals surface area contributed by atoms with Gasteiger partial charge in [0, 0.05) is 43.9 Å². The van der Waals surface area contributed by atoms with Gasteiger partial charge in [0.05, 0.1) is 41.8 Å². The molecule has 5 rings (SSSR count). The first-order chi connectivity index (χ1) is 17.2. The summed E-state index contributed by atoms with van der Waals surface area (Å²) in [6.45, 7) is 2.15. The maximum absolute atomic E-state index is 11.7. The number of aromatic nitrogens is 3. The van der Waals surface area contributed by atoms with Crippen molar-refractivity contribution in [2.75, 3.05) is 50.5 Å². The van der Waals surface area contributed by atoms with Gasteiger partial charge in [-0.25, -0.2) is 13.4 Å². The number of H-pyrrole nitrogens is 1. The zero-order chi connectivity index (χ0) is 25.4. The number of ether oxygens (including phenoxy) is 2. The molecule has 11 nitrogen and oxygen atoms in total. The molecule has 3 aromatic rings. The number of sulfonamides is 1. The second kappa shape index (κ2) is 10.1. The molecule has 3 N–H and O–H groups in total. The lowest BCUT2D eigenvalue weighted by molar-refractivity contribution is -0.131. The number of benzene rings is 1. The number of hydrogen-bond donors (Lipinski definition) is 3. The third-order valence-electron chi connectivity index (χ3n) is 6.51. The Hall–Kier alpha value is -2.48. The monoisotopic (exact) mass is 537 g/mol. The van der Waals surface area contributed by atoms with Gasteiger partial charge in [-0.2, -0.15) is 9.29 Å². The largest absolute Gasteiger partial charge is 0.459 e. The van der Waals surface area contributed by atoms with Gasteiger partial charge in [-0.3, -0.25) is 0 Å². The maximum atomic E-state index is 11.7. The number of anilines is 1. The van der Waals surface area contributed by atoms with Crippen LogP contribution in [0.2, 0.25) is 5.02 Å². The standard InChI is InChI=1S/C23H28ClN5O6S/c1-36(32,33)29-8-6-28(7-9-29)15-4-2-14(3-5-15)21-17(24)11-18-22(26-21)27-23(25-18)35-16-10-19(31)20(12-30)34-13-16/h2-5,11,16,19-20,30-31H,6-10,12-13H2,1H3,(H,25,26,27)/t16-,19+,20-/m1/s1. The van der Waals surface area contributed by atoms with Crippen LogP contribution in [-0.2, 0) is 14.8 Å². The third-order valence-corrected chi connectivity index (χ3v) is 8.10. The van der Waals surface area contributed by atoms with Gasteiger partial charge < -0.3 is 29.6 Å². The summed E-state index contributed by atoms with van der Waals surface area (Å²) in [5.74, 6) is 0. The topological polar surface area (TPSA) is 141 Å². The van der Waals surface area contributed by atoms with E-state index >= 15 is 0 Å². The highest BCUT2D eigenvalue weighted by Gasteiger charge is 2.31. The molecule has 2 aliphatic rings. The summed E-state index contributed by atoms with van der Waals surface area (Å²) in [5.41, 5.74) is 3.46. The van der Waals surface area contributed by atoms with E-state index in [1.807, 2.05) is 24.3 Å². The van der Waals surface area contributed by atoms with E-state index in [1.165, 1.54) is 10.6 Å². The zero-order valence-electron chi connectivity index (χ0n) is 19.7. The second-order valence-corrected chi connectivity index (χ2v) is 11.4. The highest BCUT2D eigenvalue weighted by atomic mass is 35.5. The van der Waals surface area contributed by atoms with Crippen LogP contribution in [0.5, 0.6) is 6.01 Å². The van der Waals surface area contributed by atoms with E-state index in [0.717, 1.165) is 11.3 Å². The van der Waals surface area contributed by atoms with E-state index in [2.05, 4.69) is 19.9 Å². The Labute approximate surface area is 213 Å². The number of aromatic amines is 1. The van der Waals surface area contributed by atoms with E-state index < -0.39 is 28.3 Å². The molecule has 3 atom stereocenters. The number of pyridine rings is 1. The van der Waals surface area contributed by atoms with E-state index in [1.54, 1.807) is 6.07 Å². The maximum Gasteiger partial charge on any atom is 0.296 e. The summed E-state index contributed by atoms with van der Waals surface area (Å²) in [5, 5.41) is 19.7. The average molecular weight is 538 g/mol. The smallest absolute Gasteiger partial charge is 0.296 e. The van der Waals surface area contributed by atoms with Gasteiger partial charge in [0.2, 0.25) is 10.0 Å². The highest BCUT2D eigenvalue weighted by molar-refractivity contribution is 7.88. The molecular formula is C23H28ClN5O6S. The minimum absolute atomic E-state index is 0.231. The number of imidazole rings is 1. The fourth-order valence-corrected chi connectivity index (χ4v) is 5.59. The Morgan fingerprint density at radius 2 is 1.92 bits per heavy atom. The SMILES string of the molecule is CS(=O)(=O)N1CCN(c2ccc(-c3nc4nc(O[C@H]5CO[C@H](CO)[C@@H](O)C5)[nH]c4cc3Cl)cc2)CC1. The number of aliphatic hydroxyl groups is 2. The van der Waals surface area contributed by atoms with Gasteiger partial charge >= 0.3 is 0 Å². The van der Waals surface area contributed by atoms with Gasteiger partial charge in [0.25, 0.3) is 6.01 Å². The number of rotatable bonds is 6. The molecule has 2 aromatic heterocycles. The summed E-state index contributed by atoms with van der Waals surface area (Å²) >= 11 is 6.54. The lowest BCUT2D eigenvalue weighted by Crippen LogP contribution is -2.48. The fraction of sp³-hybridized carbons (Fsp3) is 0.478. The molecule has 0 amide bonds. The molecule has 0 saturated carbocycles. The minimum atomic E-state index is -3.17. The van der Waals surface area contributed by atoms with Crippen LogP contribution in [0.1, 0.15) is 6.42 Å². The van der Waals surface area contributed by atoms with E-state index in [9.17, 15) is 18.6 Å². The molecular weight excluding hydrogens is 510 g/mol.